The molecule has 2 nitrogen and oxygen atoms in total. The third-order valence-electron chi connectivity index (χ3n) is 1.95. The lowest BCUT2D eigenvalue weighted by Crippen LogP contribution is -2.32. The summed E-state index contributed by atoms with van der Waals surface area (Å²) in [5.74, 6) is 0. The second-order valence-electron chi connectivity index (χ2n) is 3.11. The van der Waals surface area contributed by atoms with Gasteiger partial charge < -0.3 is 11.1 Å². The Morgan fingerprint density at radius 3 is 2.77 bits per heavy atom. The van der Waals surface area contributed by atoms with E-state index >= 15 is 0 Å². The Hall–Kier alpha value is -0.130. The first-order valence-electron chi connectivity index (χ1n) is 4.41. The van der Waals surface area contributed by atoms with Crippen molar-refractivity contribution in [2.45, 2.75) is 19.5 Å². The molecule has 0 unspecified atom stereocenters. The van der Waals surface area contributed by atoms with Gasteiger partial charge >= 0.3 is 0 Å². The quantitative estimate of drug-likeness (QED) is 0.829. The number of benzene rings is 1. The molecule has 3 N–H and O–H groups in total. The number of halogens is 1. The lowest BCUT2D eigenvalue weighted by atomic mass is 10.2. The molecule has 1 aromatic rings. The summed E-state index contributed by atoms with van der Waals surface area (Å²) in [5.41, 5.74) is 6.85. The largest absolute Gasteiger partial charge is 0.329 e. The summed E-state index contributed by atoms with van der Waals surface area (Å²) in [5, 5.41) is 3.36. The van der Waals surface area contributed by atoms with E-state index in [2.05, 4.69) is 59.1 Å². The zero-order chi connectivity index (χ0) is 9.68. The van der Waals surface area contributed by atoms with Crippen LogP contribution in [0.3, 0.4) is 0 Å². The van der Waals surface area contributed by atoms with Gasteiger partial charge in [-0.05, 0) is 41.1 Å². The maximum atomic E-state index is 5.51. The van der Waals surface area contributed by atoms with Crippen molar-refractivity contribution >= 4 is 22.6 Å². The standard InChI is InChI=1S/C10H15IN2/c1-8(6-12)13-7-9-4-2-3-5-10(9)11/h2-5,8,13H,6-7,12H2,1H3/t8-/m1/s1. The van der Waals surface area contributed by atoms with Crippen LogP contribution in [0.25, 0.3) is 0 Å². The molecule has 0 aliphatic carbocycles. The summed E-state index contributed by atoms with van der Waals surface area (Å²) in [7, 11) is 0. The summed E-state index contributed by atoms with van der Waals surface area (Å²) >= 11 is 2.35. The first-order chi connectivity index (χ1) is 6.24. The number of hydrogen-bond donors (Lipinski definition) is 2. The monoisotopic (exact) mass is 290 g/mol. The van der Waals surface area contributed by atoms with Crippen LogP contribution in [0.4, 0.5) is 0 Å². The first-order valence-corrected chi connectivity index (χ1v) is 5.48. The summed E-state index contributed by atoms with van der Waals surface area (Å²) in [6.07, 6.45) is 0. The Kier molecular flexibility index (Phi) is 4.69. The second kappa shape index (κ2) is 5.57. The average molecular weight is 290 g/mol. The molecule has 0 aliphatic heterocycles. The highest BCUT2D eigenvalue weighted by atomic mass is 127. The van der Waals surface area contributed by atoms with E-state index in [1.807, 2.05) is 0 Å². The van der Waals surface area contributed by atoms with Gasteiger partial charge in [0.05, 0.1) is 0 Å². The molecule has 0 fully saturated rings. The van der Waals surface area contributed by atoms with Crippen LogP contribution in [0.2, 0.25) is 0 Å². The molecule has 1 aromatic carbocycles. The van der Waals surface area contributed by atoms with Crippen LogP contribution in [-0.4, -0.2) is 12.6 Å². The van der Waals surface area contributed by atoms with E-state index < -0.39 is 0 Å². The molecule has 3 heteroatoms. The number of hydrogen-bond acceptors (Lipinski definition) is 2. The minimum Gasteiger partial charge on any atom is -0.329 e. The van der Waals surface area contributed by atoms with E-state index in [0.29, 0.717) is 12.6 Å². The third kappa shape index (κ3) is 3.62. The van der Waals surface area contributed by atoms with Crippen molar-refractivity contribution in [2.75, 3.05) is 6.54 Å². The Labute approximate surface area is 93.0 Å². The topological polar surface area (TPSA) is 38.0 Å². The van der Waals surface area contributed by atoms with Crippen LogP contribution in [0, 0.1) is 3.57 Å². The lowest BCUT2D eigenvalue weighted by molar-refractivity contribution is 0.555. The highest BCUT2D eigenvalue weighted by Gasteiger charge is 2.00. The highest BCUT2D eigenvalue weighted by Crippen LogP contribution is 2.10. The van der Waals surface area contributed by atoms with Crippen LogP contribution in [-0.2, 0) is 6.54 Å². The molecule has 13 heavy (non-hydrogen) atoms. The first kappa shape index (κ1) is 10.9. The molecule has 0 aliphatic rings. The van der Waals surface area contributed by atoms with E-state index in [9.17, 15) is 0 Å². The normalized spacial score (nSPS) is 12.8. The van der Waals surface area contributed by atoms with Gasteiger partial charge in [0.1, 0.15) is 0 Å². The molecule has 72 valence electrons. The molecular weight excluding hydrogens is 275 g/mol. The van der Waals surface area contributed by atoms with Crippen molar-refractivity contribution < 1.29 is 0 Å². The van der Waals surface area contributed by atoms with Gasteiger partial charge in [-0.2, -0.15) is 0 Å². The van der Waals surface area contributed by atoms with Crippen molar-refractivity contribution in [3.63, 3.8) is 0 Å². The third-order valence-corrected chi connectivity index (χ3v) is 3.00. The van der Waals surface area contributed by atoms with Gasteiger partial charge in [0.15, 0.2) is 0 Å². The molecule has 0 bridgehead atoms. The fraction of sp³-hybridized carbons (Fsp3) is 0.400. The molecule has 0 saturated heterocycles. The van der Waals surface area contributed by atoms with Gasteiger partial charge in [-0.3, -0.25) is 0 Å². The van der Waals surface area contributed by atoms with E-state index in [1.54, 1.807) is 0 Å². The van der Waals surface area contributed by atoms with Crippen LogP contribution in [0.5, 0.6) is 0 Å². The van der Waals surface area contributed by atoms with E-state index in [-0.39, 0.29) is 0 Å². The van der Waals surface area contributed by atoms with Crippen molar-refractivity contribution in [1.29, 1.82) is 0 Å². The summed E-state index contributed by atoms with van der Waals surface area (Å²) < 4.78 is 1.30. The average Bonchev–Trinajstić information content (AvgIpc) is 2.16. The maximum absolute atomic E-state index is 5.51. The van der Waals surface area contributed by atoms with Gasteiger partial charge in [-0.25, -0.2) is 0 Å². The lowest BCUT2D eigenvalue weighted by Gasteiger charge is -2.11. The number of rotatable bonds is 4. The predicted octanol–water partition coefficient (Wildman–Crippen LogP) is 1.73. The van der Waals surface area contributed by atoms with E-state index in [0.717, 1.165) is 6.54 Å². The summed E-state index contributed by atoms with van der Waals surface area (Å²) in [4.78, 5) is 0. The molecule has 0 amide bonds. The van der Waals surface area contributed by atoms with E-state index in [4.69, 9.17) is 5.73 Å². The Balaban J connectivity index is 2.50. The molecular formula is C10H15IN2. The minimum atomic E-state index is 0.385. The summed E-state index contributed by atoms with van der Waals surface area (Å²) in [6.45, 7) is 3.68. The fourth-order valence-electron chi connectivity index (χ4n) is 1.01. The smallest absolute Gasteiger partial charge is 0.0219 e. The molecule has 0 aromatic heterocycles. The van der Waals surface area contributed by atoms with Crippen LogP contribution in [0.1, 0.15) is 12.5 Å². The van der Waals surface area contributed by atoms with Gasteiger partial charge in [0.2, 0.25) is 0 Å². The van der Waals surface area contributed by atoms with Crippen LogP contribution < -0.4 is 11.1 Å². The highest BCUT2D eigenvalue weighted by molar-refractivity contribution is 14.1. The van der Waals surface area contributed by atoms with Crippen molar-refractivity contribution in [3.8, 4) is 0 Å². The minimum absolute atomic E-state index is 0.385. The maximum Gasteiger partial charge on any atom is 0.0219 e. The molecule has 1 atom stereocenters. The Morgan fingerprint density at radius 1 is 1.46 bits per heavy atom. The van der Waals surface area contributed by atoms with Crippen LogP contribution in [0.15, 0.2) is 24.3 Å². The molecule has 0 spiro atoms. The van der Waals surface area contributed by atoms with Gasteiger partial charge in [-0.15, -0.1) is 0 Å². The zero-order valence-electron chi connectivity index (χ0n) is 7.76. The van der Waals surface area contributed by atoms with Crippen LogP contribution >= 0.6 is 22.6 Å². The van der Waals surface area contributed by atoms with Gasteiger partial charge in [0, 0.05) is 22.7 Å². The van der Waals surface area contributed by atoms with Crippen molar-refractivity contribution in [2.24, 2.45) is 5.73 Å². The van der Waals surface area contributed by atoms with E-state index in [1.165, 1.54) is 9.13 Å². The number of nitrogens with one attached hydrogen (secondary N) is 1. The zero-order valence-corrected chi connectivity index (χ0v) is 9.91. The summed E-state index contributed by atoms with van der Waals surface area (Å²) in [6, 6.07) is 8.75. The second-order valence-corrected chi connectivity index (χ2v) is 4.27. The van der Waals surface area contributed by atoms with Crippen molar-refractivity contribution in [1.82, 2.24) is 5.32 Å². The molecule has 0 radical (unpaired) electrons. The Morgan fingerprint density at radius 2 is 2.15 bits per heavy atom. The molecule has 0 heterocycles. The van der Waals surface area contributed by atoms with Gasteiger partial charge in [0.25, 0.3) is 0 Å². The predicted molar refractivity (Wildman–Crippen MR) is 64.5 cm³/mol. The number of nitrogens with two attached hydrogens (primary N) is 1. The molecule has 1 rings (SSSR count). The van der Waals surface area contributed by atoms with Gasteiger partial charge in [-0.1, -0.05) is 18.2 Å². The SMILES string of the molecule is C[C@H](CN)NCc1ccccc1I. The fourth-order valence-corrected chi connectivity index (χ4v) is 1.59. The van der Waals surface area contributed by atoms with Crippen molar-refractivity contribution in [3.05, 3.63) is 33.4 Å². The Bertz CT molecular complexity index is 263. The molecule has 0 saturated carbocycles.